The van der Waals surface area contributed by atoms with E-state index in [1.165, 1.54) is 11.8 Å². The maximum atomic E-state index is 12.4. The number of pyridine rings is 1. The lowest BCUT2D eigenvalue weighted by Crippen LogP contribution is -2.27. The number of amidine groups is 1. The number of amides is 2. The van der Waals surface area contributed by atoms with E-state index in [1.54, 1.807) is 30.5 Å². The largest absolute Gasteiger partial charge is 0.326 e. The quantitative estimate of drug-likeness (QED) is 0.566. The van der Waals surface area contributed by atoms with Gasteiger partial charge in [-0.2, -0.15) is 0 Å². The summed E-state index contributed by atoms with van der Waals surface area (Å²) in [6, 6.07) is 8.95. The Morgan fingerprint density at radius 1 is 1.32 bits per heavy atom. The number of nitrogens with zero attached hydrogens (tertiary/aromatic N) is 3. The first-order valence-electron chi connectivity index (χ1n) is 9.88. The third kappa shape index (κ3) is 4.22. The molecule has 1 saturated carbocycles. The summed E-state index contributed by atoms with van der Waals surface area (Å²) >= 11 is 7.54. The van der Waals surface area contributed by atoms with Gasteiger partial charge < -0.3 is 15.0 Å². The fourth-order valence-corrected chi connectivity index (χ4v) is 4.35. The van der Waals surface area contributed by atoms with E-state index in [0.29, 0.717) is 26.5 Å². The van der Waals surface area contributed by atoms with Gasteiger partial charge in [0, 0.05) is 30.2 Å². The Morgan fingerprint density at radius 2 is 2.19 bits per heavy atom. The molecule has 9 heteroatoms. The lowest BCUT2D eigenvalue weighted by Gasteiger charge is -2.24. The van der Waals surface area contributed by atoms with Crippen LogP contribution in [0.4, 0.5) is 11.4 Å². The maximum Gasteiger partial charge on any atom is 0.264 e. The van der Waals surface area contributed by atoms with E-state index < -0.39 is 0 Å². The number of thioether (sulfide) groups is 1. The average Bonchev–Trinajstić information content (AvgIpc) is 3.29. The molecule has 1 aliphatic carbocycles. The van der Waals surface area contributed by atoms with Crippen LogP contribution in [0.1, 0.15) is 24.8 Å². The van der Waals surface area contributed by atoms with Gasteiger partial charge in [-0.05, 0) is 66.6 Å². The normalized spacial score (nSPS) is 19.1. The molecule has 0 bridgehead atoms. The smallest absolute Gasteiger partial charge is 0.264 e. The van der Waals surface area contributed by atoms with Crippen LogP contribution >= 0.6 is 23.4 Å². The van der Waals surface area contributed by atoms with Crippen molar-refractivity contribution in [2.45, 2.75) is 19.3 Å². The molecule has 31 heavy (non-hydrogen) atoms. The van der Waals surface area contributed by atoms with Crippen molar-refractivity contribution in [2.75, 3.05) is 5.32 Å². The molecule has 2 aromatic heterocycles. The van der Waals surface area contributed by atoms with Gasteiger partial charge in [0.25, 0.3) is 5.91 Å². The summed E-state index contributed by atoms with van der Waals surface area (Å²) in [6.07, 6.45) is 10.2. The van der Waals surface area contributed by atoms with Crippen LogP contribution in [-0.4, -0.2) is 26.4 Å². The average molecular weight is 452 g/mol. The maximum absolute atomic E-state index is 12.4. The Kier molecular flexibility index (Phi) is 5.25. The molecule has 2 fully saturated rings. The van der Waals surface area contributed by atoms with E-state index in [9.17, 15) is 9.59 Å². The van der Waals surface area contributed by atoms with Crippen molar-refractivity contribution < 1.29 is 9.59 Å². The molecule has 0 spiro atoms. The van der Waals surface area contributed by atoms with Gasteiger partial charge >= 0.3 is 0 Å². The van der Waals surface area contributed by atoms with Crippen molar-refractivity contribution in [3.8, 4) is 0 Å². The molecule has 5 rings (SSSR count). The Labute approximate surface area is 187 Å². The minimum Gasteiger partial charge on any atom is -0.326 e. The summed E-state index contributed by atoms with van der Waals surface area (Å²) < 4.78 is 1.89. The number of halogens is 1. The minimum absolute atomic E-state index is 0.0239. The van der Waals surface area contributed by atoms with Crippen molar-refractivity contribution in [2.24, 2.45) is 10.9 Å². The van der Waals surface area contributed by atoms with E-state index in [2.05, 4.69) is 20.6 Å². The number of nitrogens with one attached hydrogen (secondary N) is 2. The number of aromatic nitrogens is 2. The predicted molar refractivity (Wildman–Crippen MR) is 123 cm³/mol. The first kappa shape index (κ1) is 19.8. The van der Waals surface area contributed by atoms with Crippen molar-refractivity contribution >= 4 is 63.4 Å². The fourth-order valence-electron chi connectivity index (χ4n) is 3.35. The summed E-state index contributed by atoms with van der Waals surface area (Å²) in [5, 5.41) is 6.56. The third-order valence-corrected chi connectivity index (χ3v) is 6.50. The van der Waals surface area contributed by atoms with Gasteiger partial charge in [-0.3, -0.25) is 9.59 Å². The zero-order chi connectivity index (χ0) is 21.4. The van der Waals surface area contributed by atoms with Crippen LogP contribution in [0.2, 0.25) is 5.02 Å². The highest BCUT2D eigenvalue weighted by Gasteiger charge is 2.26. The molecule has 1 aromatic carbocycles. The third-order valence-electron chi connectivity index (χ3n) is 5.27. The van der Waals surface area contributed by atoms with Gasteiger partial charge in [0.2, 0.25) is 5.91 Å². The zero-order valence-corrected chi connectivity index (χ0v) is 17.9. The van der Waals surface area contributed by atoms with Crippen LogP contribution in [-0.2, 0) is 9.59 Å². The lowest BCUT2D eigenvalue weighted by atomic mass is 9.85. The Morgan fingerprint density at radius 3 is 3.00 bits per heavy atom. The predicted octanol–water partition coefficient (Wildman–Crippen LogP) is 4.62. The van der Waals surface area contributed by atoms with E-state index in [1.807, 2.05) is 28.9 Å². The molecule has 2 aliphatic rings. The number of hydrogen-bond acceptors (Lipinski definition) is 5. The molecule has 2 amide bonds. The minimum atomic E-state index is -0.222. The second kappa shape index (κ2) is 8.20. The lowest BCUT2D eigenvalue weighted by molar-refractivity contribution is -0.122. The molecule has 0 atom stereocenters. The first-order chi connectivity index (χ1) is 15.0. The fraction of sp³-hybridized carbons (Fsp3) is 0.182. The Bertz CT molecular complexity index is 1260. The standard InChI is InChI=1S/C22H18ClN5O2S/c23-16-6-5-15(25-20(29)14-2-1-3-14)11-17(16)26-22-27-21(30)18(31-22)10-13-4-7-19-24-8-9-28(19)12-13/h4-12,14H,1-3H2,(H,25,29)(H,26,27,30)/b18-10-. The number of carbonyl (C=O) groups excluding carboxylic acids is 2. The molecule has 2 N–H and O–H groups in total. The van der Waals surface area contributed by atoms with Gasteiger partial charge in [0.1, 0.15) is 5.65 Å². The topological polar surface area (TPSA) is 87.9 Å². The van der Waals surface area contributed by atoms with Crippen LogP contribution < -0.4 is 10.6 Å². The second-order valence-corrected chi connectivity index (χ2v) is 8.86. The van der Waals surface area contributed by atoms with E-state index in [4.69, 9.17) is 11.6 Å². The van der Waals surface area contributed by atoms with Gasteiger partial charge in [-0.1, -0.05) is 18.0 Å². The summed E-state index contributed by atoms with van der Waals surface area (Å²) in [6.45, 7) is 0. The van der Waals surface area contributed by atoms with Crippen LogP contribution in [0, 0.1) is 5.92 Å². The highest BCUT2D eigenvalue weighted by Crippen LogP contribution is 2.33. The van der Waals surface area contributed by atoms with E-state index >= 15 is 0 Å². The number of fused-ring (bicyclic) bond motifs is 1. The van der Waals surface area contributed by atoms with Crippen molar-refractivity contribution in [1.82, 2.24) is 14.7 Å². The molecule has 1 saturated heterocycles. The molecule has 3 aromatic rings. The van der Waals surface area contributed by atoms with Crippen LogP contribution in [0.3, 0.4) is 0 Å². The zero-order valence-electron chi connectivity index (χ0n) is 16.3. The van der Waals surface area contributed by atoms with E-state index in [0.717, 1.165) is 30.5 Å². The molecule has 0 radical (unpaired) electrons. The molecule has 0 unspecified atom stereocenters. The Balaban J connectivity index is 1.35. The SMILES string of the molecule is O=C1NC(=Nc2cc(NC(=O)C3CCC3)ccc2Cl)S/C1=C\c1ccc2nccn2c1. The van der Waals surface area contributed by atoms with Crippen LogP contribution in [0.25, 0.3) is 11.7 Å². The summed E-state index contributed by atoms with van der Waals surface area (Å²) in [5.41, 5.74) is 2.84. The number of imidazole rings is 1. The number of benzene rings is 1. The molecule has 7 nitrogen and oxygen atoms in total. The van der Waals surface area contributed by atoms with Gasteiger partial charge in [0.15, 0.2) is 5.17 Å². The number of aliphatic imine (C=N–C) groups is 1. The number of anilines is 1. The van der Waals surface area contributed by atoms with Crippen LogP contribution in [0.5, 0.6) is 0 Å². The highest BCUT2D eigenvalue weighted by molar-refractivity contribution is 8.18. The molecule has 3 heterocycles. The molecular formula is C22H18ClN5O2S. The van der Waals surface area contributed by atoms with Gasteiger partial charge in [-0.15, -0.1) is 0 Å². The van der Waals surface area contributed by atoms with Crippen molar-refractivity contribution in [3.63, 3.8) is 0 Å². The van der Waals surface area contributed by atoms with Crippen molar-refractivity contribution in [3.05, 3.63) is 64.4 Å². The molecule has 156 valence electrons. The molecule has 1 aliphatic heterocycles. The number of carbonyl (C=O) groups is 2. The van der Waals surface area contributed by atoms with Crippen LogP contribution in [0.15, 0.2) is 58.8 Å². The van der Waals surface area contributed by atoms with Crippen molar-refractivity contribution in [1.29, 1.82) is 0 Å². The summed E-state index contributed by atoms with van der Waals surface area (Å²) in [4.78, 5) is 33.9. The number of hydrogen-bond donors (Lipinski definition) is 2. The first-order valence-corrected chi connectivity index (χ1v) is 11.1. The highest BCUT2D eigenvalue weighted by atomic mass is 35.5. The Hall–Kier alpha value is -3.10. The second-order valence-electron chi connectivity index (χ2n) is 7.42. The number of rotatable bonds is 4. The summed E-state index contributed by atoms with van der Waals surface area (Å²) in [7, 11) is 0. The monoisotopic (exact) mass is 451 g/mol. The molecular weight excluding hydrogens is 434 g/mol. The van der Waals surface area contributed by atoms with Gasteiger partial charge in [0.05, 0.1) is 15.6 Å². The summed E-state index contributed by atoms with van der Waals surface area (Å²) in [5.74, 6) is -0.111. The van der Waals surface area contributed by atoms with Gasteiger partial charge in [-0.25, -0.2) is 9.98 Å². The van der Waals surface area contributed by atoms with E-state index in [-0.39, 0.29) is 17.7 Å².